The number of carboxylic acids is 2. The van der Waals surface area contributed by atoms with Gasteiger partial charge in [-0.1, -0.05) is 31.2 Å². The number of H-pyrrole nitrogens is 1. The van der Waals surface area contributed by atoms with Gasteiger partial charge in [0.1, 0.15) is 16.9 Å². The summed E-state index contributed by atoms with van der Waals surface area (Å²) < 4.78 is 5.22. The number of benzene rings is 1. The Morgan fingerprint density at radius 2 is 1.68 bits per heavy atom. The van der Waals surface area contributed by atoms with Crippen LogP contribution in [0.1, 0.15) is 33.2 Å². The number of aromatic carboxylic acids is 2. The van der Waals surface area contributed by atoms with E-state index in [4.69, 9.17) is 10.5 Å². The Morgan fingerprint density at radius 1 is 1.12 bits per heavy atom. The predicted molar refractivity (Wildman–Crippen MR) is 89.0 cm³/mol. The van der Waals surface area contributed by atoms with Gasteiger partial charge in [0.15, 0.2) is 0 Å². The van der Waals surface area contributed by atoms with Crippen LogP contribution in [0.2, 0.25) is 0 Å². The molecule has 1 aromatic carbocycles. The monoisotopic (exact) mass is 344 g/mol. The average molecular weight is 344 g/mol. The molecule has 1 aliphatic heterocycles. The SMILES string of the molecule is CC1(c2ccc(-c3c(C(=O)O)c(N)[nH]c(=O)c3C(=O)O)cc2)COC1. The van der Waals surface area contributed by atoms with E-state index >= 15 is 0 Å². The maximum Gasteiger partial charge on any atom is 0.342 e. The summed E-state index contributed by atoms with van der Waals surface area (Å²) in [4.78, 5) is 37.2. The molecule has 0 bridgehead atoms. The lowest BCUT2D eigenvalue weighted by molar-refractivity contribution is -0.0500. The van der Waals surface area contributed by atoms with Crippen LogP contribution in [-0.2, 0) is 10.2 Å². The van der Waals surface area contributed by atoms with E-state index in [0.717, 1.165) is 5.56 Å². The predicted octanol–water partition coefficient (Wildman–Crippen LogP) is 1.31. The lowest BCUT2D eigenvalue weighted by atomic mass is 9.80. The molecule has 5 N–H and O–H groups in total. The molecule has 0 atom stereocenters. The summed E-state index contributed by atoms with van der Waals surface area (Å²) in [6.45, 7) is 3.18. The molecule has 1 aromatic heterocycles. The van der Waals surface area contributed by atoms with Gasteiger partial charge in [-0.2, -0.15) is 0 Å². The number of pyridine rings is 1. The number of nitrogens with two attached hydrogens (primary N) is 1. The third-order valence-corrected chi connectivity index (χ3v) is 4.38. The number of aromatic nitrogens is 1. The van der Waals surface area contributed by atoms with Crippen LogP contribution in [0.25, 0.3) is 11.1 Å². The van der Waals surface area contributed by atoms with Crippen molar-refractivity contribution >= 4 is 17.8 Å². The van der Waals surface area contributed by atoms with Crippen molar-refractivity contribution in [3.8, 4) is 11.1 Å². The molecule has 1 saturated heterocycles. The highest BCUT2D eigenvalue weighted by Crippen LogP contribution is 2.34. The fourth-order valence-corrected chi connectivity index (χ4v) is 2.95. The van der Waals surface area contributed by atoms with Crippen molar-refractivity contribution in [2.24, 2.45) is 0 Å². The van der Waals surface area contributed by atoms with E-state index in [2.05, 4.69) is 4.98 Å². The third kappa shape index (κ3) is 2.66. The minimum absolute atomic E-state index is 0.128. The Bertz CT molecular complexity index is 925. The largest absolute Gasteiger partial charge is 0.478 e. The molecule has 0 radical (unpaired) electrons. The standard InChI is InChI=1S/C17H16N2O6/c1-17(6-25-7-17)9-4-2-8(3-5-9)10-11(15(21)22)13(18)19-14(20)12(10)16(23)24/h2-5H,6-7H2,1H3,(H,21,22)(H,23,24)(H3,18,19,20). The van der Waals surface area contributed by atoms with Gasteiger partial charge < -0.3 is 25.7 Å². The minimum atomic E-state index is -1.53. The van der Waals surface area contributed by atoms with Crippen LogP contribution in [0.5, 0.6) is 0 Å². The van der Waals surface area contributed by atoms with Crippen molar-refractivity contribution < 1.29 is 24.5 Å². The van der Waals surface area contributed by atoms with Crippen molar-refractivity contribution in [2.45, 2.75) is 12.3 Å². The molecule has 3 rings (SSSR count). The number of rotatable bonds is 4. The highest BCUT2D eigenvalue weighted by molar-refractivity contribution is 6.07. The topological polar surface area (TPSA) is 143 Å². The fraction of sp³-hybridized carbons (Fsp3) is 0.235. The van der Waals surface area contributed by atoms with Crippen LogP contribution in [0, 0.1) is 0 Å². The zero-order chi connectivity index (χ0) is 18.4. The summed E-state index contributed by atoms with van der Waals surface area (Å²) in [5.74, 6) is -3.34. The van der Waals surface area contributed by atoms with Gasteiger partial charge in [0.25, 0.3) is 5.56 Å². The number of hydrogen-bond donors (Lipinski definition) is 4. The number of hydrogen-bond acceptors (Lipinski definition) is 5. The highest BCUT2D eigenvalue weighted by Gasteiger charge is 2.35. The second-order valence-electron chi connectivity index (χ2n) is 6.23. The molecule has 25 heavy (non-hydrogen) atoms. The lowest BCUT2D eigenvalue weighted by Gasteiger charge is -2.38. The number of carboxylic acid groups (broad SMARTS) is 2. The molecule has 130 valence electrons. The minimum Gasteiger partial charge on any atom is -0.478 e. The van der Waals surface area contributed by atoms with Gasteiger partial charge in [-0.15, -0.1) is 0 Å². The Labute approximate surface area is 141 Å². The van der Waals surface area contributed by atoms with Gasteiger partial charge in [-0.25, -0.2) is 9.59 Å². The van der Waals surface area contributed by atoms with Crippen molar-refractivity contribution in [1.29, 1.82) is 0 Å². The van der Waals surface area contributed by atoms with Crippen LogP contribution in [0.3, 0.4) is 0 Å². The van der Waals surface area contributed by atoms with Gasteiger partial charge in [-0.05, 0) is 11.1 Å². The molecule has 8 nitrogen and oxygen atoms in total. The fourth-order valence-electron chi connectivity index (χ4n) is 2.95. The molecule has 0 aliphatic carbocycles. The molecule has 2 aromatic rings. The van der Waals surface area contributed by atoms with Crippen molar-refractivity contribution in [3.63, 3.8) is 0 Å². The summed E-state index contributed by atoms with van der Waals surface area (Å²) in [6.07, 6.45) is 0. The number of anilines is 1. The second-order valence-corrected chi connectivity index (χ2v) is 6.23. The summed E-state index contributed by atoms with van der Waals surface area (Å²) >= 11 is 0. The molecule has 0 spiro atoms. The Balaban J connectivity index is 2.23. The maximum absolute atomic E-state index is 12.0. The highest BCUT2D eigenvalue weighted by atomic mass is 16.5. The molecule has 8 heteroatoms. The molecule has 0 saturated carbocycles. The van der Waals surface area contributed by atoms with Crippen LogP contribution < -0.4 is 11.3 Å². The first-order valence-corrected chi connectivity index (χ1v) is 7.45. The van der Waals surface area contributed by atoms with E-state index in [9.17, 15) is 24.6 Å². The zero-order valence-electron chi connectivity index (χ0n) is 13.3. The third-order valence-electron chi connectivity index (χ3n) is 4.38. The van der Waals surface area contributed by atoms with Crippen molar-refractivity contribution in [2.75, 3.05) is 18.9 Å². The first-order chi connectivity index (χ1) is 11.7. The van der Waals surface area contributed by atoms with E-state index in [0.29, 0.717) is 18.8 Å². The summed E-state index contributed by atoms with van der Waals surface area (Å²) in [5.41, 5.74) is 4.50. The first-order valence-electron chi connectivity index (χ1n) is 7.45. The number of aromatic amines is 1. The molecular weight excluding hydrogens is 328 g/mol. The second kappa shape index (κ2) is 5.75. The van der Waals surface area contributed by atoms with E-state index in [-0.39, 0.29) is 16.8 Å². The summed E-state index contributed by atoms with van der Waals surface area (Å²) in [6, 6.07) is 6.72. The quantitative estimate of drug-likeness (QED) is 0.655. The van der Waals surface area contributed by atoms with Gasteiger partial charge in [0.05, 0.1) is 13.2 Å². The van der Waals surface area contributed by atoms with Crippen LogP contribution in [0.15, 0.2) is 29.1 Å². The number of nitrogens with one attached hydrogen (secondary N) is 1. The molecule has 0 unspecified atom stereocenters. The van der Waals surface area contributed by atoms with Gasteiger partial charge in [-0.3, -0.25) is 4.79 Å². The van der Waals surface area contributed by atoms with E-state index in [1.165, 1.54) is 0 Å². The molecular formula is C17H16N2O6. The van der Waals surface area contributed by atoms with Gasteiger partial charge in [0.2, 0.25) is 0 Å². The van der Waals surface area contributed by atoms with Gasteiger partial charge in [0, 0.05) is 11.0 Å². The maximum atomic E-state index is 12.0. The van der Waals surface area contributed by atoms with Gasteiger partial charge >= 0.3 is 11.9 Å². The molecule has 1 aliphatic rings. The van der Waals surface area contributed by atoms with E-state index in [1.54, 1.807) is 24.3 Å². The Kier molecular flexibility index (Phi) is 3.84. The molecule has 2 heterocycles. The summed E-state index contributed by atoms with van der Waals surface area (Å²) in [7, 11) is 0. The Hall–Kier alpha value is -3.13. The van der Waals surface area contributed by atoms with E-state index in [1.807, 2.05) is 6.92 Å². The van der Waals surface area contributed by atoms with Crippen molar-refractivity contribution in [1.82, 2.24) is 4.98 Å². The van der Waals surface area contributed by atoms with Crippen LogP contribution in [0.4, 0.5) is 5.82 Å². The smallest absolute Gasteiger partial charge is 0.342 e. The van der Waals surface area contributed by atoms with Crippen LogP contribution in [-0.4, -0.2) is 40.3 Å². The normalized spacial score (nSPS) is 15.4. The molecule has 0 amide bonds. The average Bonchev–Trinajstić information content (AvgIpc) is 2.51. The summed E-state index contributed by atoms with van der Waals surface area (Å²) in [5, 5.41) is 18.8. The van der Waals surface area contributed by atoms with Crippen LogP contribution >= 0.6 is 0 Å². The lowest BCUT2D eigenvalue weighted by Crippen LogP contribution is -2.43. The first kappa shape index (κ1) is 16.7. The number of nitrogen functional groups attached to an aromatic ring is 1. The molecule has 1 fully saturated rings. The van der Waals surface area contributed by atoms with Crippen molar-refractivity contribution in [3.05, 3.63) is 51.3 Å². The number of ether oxygens (including phenoxy) is 1. The number of carbonyl (C=O) groups is 2. The van der Waals surface area contributed by atoms with E-state index < -0.39 is 28.6 Å². The Morgan fingerprint density at radius 3 is 2.12 bits per heavy atom. The zero-order valence-corrected chi connectivity index (χ0v) is 13.3.